The molecule has 0 saturated carbocycles. The minimum atomic E-state index is 0.0372. The van der Waals surface area contributed by atoms with E-state index in [1.165, 1.54) is 24.1 Å². The van der Waals surface area contributed by atoms with Crippen LogP contribution in [-0.2, 0) is 4.79 Å². The highest BCUT2D eigenvalue weighted by Crippen LogP contribution is 2.37. The van der Waals surface area contributed by atoms with Crippen LogP contribution in [0.4, 0.5) is 11.4 Å². The van der Waals surface area contributed by atoms with Crippen LogP contribution in [0.1, 0.15) is 43.7 Å². The van der Waals surface area contributed by atoms with E-state index in [9.17, 15) is 4.79 Å². The maximum atomic E-state index is 12.8. The maximum Gasteiger partial charge on any atom is 0.238 e. The van der Waals surface area contributed by atoms with Crippen molar-refractivity contribution in [3.8, 4) is 11.5 Å². The fourth-order valence-electron chi connectivity index (χ4n) is 4.90. The van der Waals surface area contributed by atoms with Crippen molar-refractivity contribution in [3.05, 3.63) is 48.0 Å². The van der Waals surface area contributed by atoms with Crippen LogP contribution in [-0.4, -0.2) is 50.2 Å². The van der Waals surface area contributed by atoms with Crippen molar-refractivity contribution in [2.24, 2.45) is 0 Å². The third-order valence-electron chi connectivity index (χ3n) is 6.49. The molecule has 3 aliphatic rings. The first kappa shape index (κ1) is 20.2. The van der Waals surface area contributed by atoms with Crippen molar-refractivity contribution in [2.75, 3.05) is 49.6 Å². The highest BCUT2D eigenvalue weighted by Gasteiger charge is 2.28. The Morgan fingerprint density at radius 1 is 0.903 bits per heavy atom. The SMILES string of the molecule is O=C(CN1CCC[C@H]1c1ccc2c(c1)OCCCO2)Nc1ccc(N2CCCC2)cc1. The number of hydrogen-bond donors (Lipinski definition) is 1. The second-order valence-electron chi connectivity index (χ2n) is 8.67. The van der Waals surface area contributed by atoms with E-state index in [4.69, 9.17) is 9.47 Å². The number of ether oxygens (including phenoxy) is 2. The summed E-state index contributed by atoms with van der Waals surface area (Å²) in [6.45, 7) is 4.96. The van der Waals surface area contributed by atoms with Gasteiger partial charge < -0.3 is 19.7 Å². The highest BCUT2D eigenvalue weighted by atomic mass is 16.5. The van der Waals surface area contributed by atoms with Gasteiger partial charge in [-0.2, -0.15) is 0 Å². The van der Waals surface area contributed by atoms with Gasteiger partial charge in [-0.3, -0.25) is 9.69 Å². The van der Waals surface area contributed by atoms with Crippen molar-refractivity contribution in [2.45, 2.75) is 38.1 Å². The van der Waals surface area contributed by atoms with Gasteiger partial charge in [0.2, 0.25) is 5.91 Å². The molecule has 6 heteroatoms. The van der Waals surface area contributed by atoms with Crippen LogP contribution >= 0.6 is 0 Å². The average molecular weight is 422 g/mol. The first-order valence-electron chi connectivity index (χ1n) is 11.5. The minimum absolute atomic E-state index is 0.0372. The van der Waals surface area contributed by atoms with Crippen LogP contribution in [0.5, 0.6) is 11.5 Å². The molecule has 3 aliphatic heterocycles. The van der Waals surface area contributed by atoms with E-state index in [2.05, 4.69) is 39.4 Å². The third kappa shape index (κ3) is 4.64. The van der Waals surface area contributed by atoms with Gasteiger partial charge >= 0.3 is 0 Å². The van der Waals surface area contributed by atoms with Gasteiger partial charge in [-0.05, 0) is 74.2 Å². The number of carbonyl (C=O) groups is 1. The van der Waals surface area contributed by atoms with Crippen molar-refractivity contribution < 1.29 is 14.3 Å². The van der Waals surface area contributed by atoms with Crippen LogP contribution in [0, 0.1) is 0 Å². The number of anilines is 2. The maximum absolute atomic E-state index is 12.8. The monoisotopic (exact) mass is 421 g/mol. The predicted molar refractivity (Wildman–Crippen MR) is 122 cm³/mol. The Hall–Kier alpha value is -2.73. The Balaban J connectivity index is 1.21. The second-order valence-corrected chi connectivity index (χ2v) is 8.67. The van der Waals surface area contributed by atoms with E-state index in [1.807, 2.05) is 18.2 Å². The van der Waals surface area contributed by atoms with Gasteiger partial charge in [0, 0.05) is 36.9 Å². The number of hydrogen-bond acceptors (Lipinski definition) is 5. The van der Waals surface area contributed by atoms with Crippen LogP contribution in [0.15, 0.2) is 42.5 Å². The smallest absolute Gasteiger partial charge is 0.238 e. The van der Waals surface area contributed by atoms with Crippen LogP contribution in [0.25, 0.3) is 0 Å². The van der Waals surface area contributed by atoms with Crippen molar-refractivity contribution >= 4 is 17.3 Å². The summed E-state index contributed by atoms with van der Waals surface area (Å²) in [4.78, 5) is 17.4. The summed E-state index contributed by atoms with van der Waals surface area (Å²) >= 11 is 0. The number of fused-ring (bicyclic) bond motifs is 1. The molecule has 1 atom stereocenters. The molecule has 0 aromatic heterocycles. The first-order valence-corrected chi connectivity index (χ1v) is 11.5. The molecule has 0 aliphatic carbocycles. The third-order valence-corrected chi connectivity index (χ3v) is 6.49. The molecule has 6 nitrogen and oxygen atoms in total. The Labute approximate surface area is 184 Å². The number of amides is 1. The Bertz CT molecular complexity index is 909. The number of carbonyl (C=O) groups excluding carboxylic acids is 1. The molecular formula is C25H31N3O3. The summed E-state index contributed by atoms with van der Waals surface area (Å²) in [6.07, 6.45) is 5.57. The van der Waals surface area contributed by atoms with Gasteiger partial charge in [0.05, 0.1) is 19.8 Å². The zero-order chi connectivity index (χ0) is 21.0. The van der Waals surface area contributed by atoms with Gasteiger partial charge in [0.25, 0.3) is 0 Å². The van der Waals surface area contributed by atoms with E-state index >= 15 is 0 Å². The highest BCUT2D eigenvalue weighted by molar-refractivity contribution is 5.92. The van der Waals surface area contributed by atoms with E-state index in [1.54, 1.807) is 0 Å². The van der Waals surface area contributed by atoms with Crippen molar-refractivity contribution in [1.82, 2.24) is 4.90 Å². The summed E-state index contributed by atoms with van der Waals surface area (Å²) in [5.41, 5.74) is 3.30. The second kappa shape index (κ2) is 9.18. The first-order chi connectivity index (χ1) is 15.3. The fraction of sp³-hybridized carbons (Fsp3) is 0.480. The molecule has 1 N–H and O–H groups in total. The zero-order valence-electron chi connectivity index (χ0n) is 18.0. The van der Waals surface area contributed by atoms with E-state index in [0.717, 1.165) is 56.1 Å². The zero-order valence-corrected chi connectivity index (χ0v) is 18.0. The Morgan fingerprint density at radius 3 is 2.48 bits per heavy atom. The quantitative estimate of drug-likeness (QED) is 0.783. The number of nitrogens with one attached hydrogen (secondary N) is 1. The Morgan fingerprint density at radius 2 is 1.68 bits per heavy atom. The van der Waals surface area contributed by atoms with Crippen LogP contribution in [0.2, 0.25) is 0 Å². The lowest BCUT2D eigenvalue weighted by molar-refractivity contribution is -0.117. The normalized spacial score (nSPS) is 21.2. The van der Waals surface area contributed by atoms with Crippen LogP contribution < -0.4 is 19.7 Å². The summed E-state index contributed by atoms with van der Waals surface area (Å²) in [5.74, 6) is 1.68. The van der Waals surface area contributed by atoms with Gasteiger partial charge in [-0.15, -0.1) is 0 Å². The molecule has 0 spiro atoms. The largest absolute Gasteiger partial charge is 0.490 e. The summed E-state index contributed by atoms with van der Waals surface area (Å²) < 4.78 is 11.6. The van der Waals surface area contributed by atoms with Gasteiger partial charge in [0.1, 0.15) is 0 Å². The van der Waals surface area contributed by atoms with E-state index in [-0.39, 0.29) is 11.9 Å². The van der Waals surface area contributed by atoms with Crippen molar-refractivity contribution in [1.29, 1.82) is 0 Å². The van der Waals surface area contributed by atoms with Gasteiger partial charge in [0.15, 0.2) is 11.5 Å². The number of nitrogens with zero attached hydrogens (tertiary/aromatic N) is 2. The lowest BCUT2D eigenvalue weighted by Gasteiger charge is -2.25. The van der Waals surface area contributed by atoms with E-state index in [0.29, 0.717) is 19.8 Å². The molecule has 1 amide bonds. The van der Waals surface area contributed by atoms with Crippen LogP contribution in [0.3, 0.4) is 0 Å². The molecule has 0 radical (unpaired) electrons. The lowest BCUT2D eigenvalue weighted by Crippen LogP contribution is -2.33. The molecule has 164 valence electrons. The molecule has 2 aromatic rings. The average Bonchev–Trinajstić information content (AvgIpc) is 3.42. The molecule has 2 aromatic carbocycles. The minimum Gasteiger partial charge on any atom is -0.490 e. The molecule has 3 heterocycles. The molecule has 31 heavy (non-hydrogen) atoms. The molecule has 0 bridgehead atoms. The van der Waals surface area contributed by atoms with Gasteiger partial charge in [-0.25, -0.2) is 0 Å². The summed E-state index contributed by atoms with van der Waals surface area (Å²) in [5, 5.41) is 3.07. The van der Waals surface area contributed by atoms with Gasteiger partial charge in [-0.1, -0.05) is 6.07 Å². The number of likely N-dealkylation sites (tertiary alicyclic amines) is 1. The number of benzene rings is 2. The standard InChI is InChI=1S/C25H31N3O3/c29-25(26-20-7-9-21(10-8-20)27-12-1-2-13-27)18-28-14-3-5-22(28)19-6-11-23-24(17-19)31-16-4-15-30-23/h6-11,17,22H,1-5,12-16,18H2,(H,26,29)/t22-/m0/s1. The molecule has 0 unspecified atom stereocenters. The molecule has 5 rings (SSSR count). The summed E-state index contributed by atoms with van der Waals surface area (Å²) in [7, 11) is 0. The Kier molecular flexibility index (Phi) is 5.98. The summed E-state index contributed by atoms with van der Waals surface area (Å²) in [6, 6.07) is 14.7. The van der Waals surface area contributed by atoms with E-state index < -0.39 is 0 Å². The predicted octanol–water partition coefficient (Wildman–Crippen LogP) is 4.22. The molecule has 2 fully saturated rings. The molecule has 2 saturated heterocycles. The number of rotatable bonds is 5. The topological polar surface area (TPSA) is 54.0 Å². The fourth-order valence-corrected chi connectivity index (χ4v) is 4.90. The molecular weight excluding hydrogens is 390 g/mol. The lowest BCUT2D eigenvalue weighted by atomic mass is 10.0. The van der Waals surface area contributed by atoms with Crippen molar-refractivity contribution in [3.63, 3.8) is 0 Å².